The van der Waals surface area contributed by atoms with Crippen LogP contribution in [0.1, 0.15) is 35.7 Å². The number of nitrogens with two attached hydrogens (primary N) is 1. The summed E-state index contributed by atoms with van der Waals surface area (Å²) in [5.74, 6) is 0. The van der Waals surface area contributed by atoms with E-state index in [2.05, 4.69) is 42.5 Å². The lowest BCUT2D eigenvalue weighted by atomic mass is 9.99. The third kappa shape index (κ3) is 3.03. The Hall–Kier alpha value is -1.36. The molecule has 1 atom stereocenters. The van der Waals surface area contributed by atoms with Crippen molar-refractivity contribution in [2.75, 3.05) is 20.3 Å². The molecule has 126 valence electrons. The number of ether oxygens (including phenoxy) is 1. The molecule has 0 saturated heterocycles. The maximum atomic E-state index is 6.23. The first-order valence-electron chi connectivity index (χ1n) is 8.61. The largest absolute Gasteiger partial charge is 0.383 e. The van der Waals surface area contributed by atoms with Gasteiger partial charge in [0.25, 0.3) is 0 Å². The van der Waals surface area contributed by atoms with Crippen LogP contribution >= 0.6 is 0 Å². The SMILES string of the molecule is CCC(N)Cc1c(C)n(C)c2cc3c(cc12)CN(CCOC)C3. The summed E-state index contributed by atoms with van der Waals surface area (Å²) in [5, 5.41) is 1.39. The predicted octanol–water partition coefficient (Wildman–Crippen LogP) is 2.73. The van der Waals surface area contributed by atoms with Gasteiger partial charge in [-0.1, -0.05) is 6.92 Å². The average Bonchev–Trinajstić information content (AvgIpc) is 3.05. The molecule has 1 aromatic carbocycles. The molecule has 3 rings (SSSR count). The number of rotatable bonds is 6. The Kier molecular flexibility index (Phi) is 4.76. The highest BCUT2D eigenvalue weighted by Gasteiger charge is 2.22. The fraction of sp³-hybridized carbons (Fsp3) is 0.579. The number of hydrogen-bond donors (Lipinski definition) is 1. The number of aromatic nitrogens is 1. The summed E-state index contributed by atoms with van der Waals surface area (Å²) >= 11 is 0. The highest BCUT2D eigenvalue weighted by molar-refractivity contribution is 5.87. The number of aryl methyl sites for hydroxylation is 1. The molecule has 1 aromatic heterocycles. The molecule has 23 heavy (non-hydrogen) atoms. The molecule has 1 aliphatic rings. The van der Waals surface area contributed by atoms with Gasteiger partial charge in [-0.3, -0.25) is 4.90 Å². The van der Waals surface area contributed by atoms with Crippen LogP contribution in [0, 0.1) is 6.92 Å². The molecule has 0 fully saturated rings. The number of methoxy groups -OCH3 is 1. The van der Waals surface area contributed by atoms with Crippen molar-refractivity contribution in [2.45, 2.75) is 45.8 Å². The van der Waals surface area contributed by atoms with Gasteiger partial charge in [-0.15, -0.1) is 0 Å². The number of benzene rings is 1. The van der Waals surface area contributed by atoms with E-state index in [0.717, 1.165) is 39.1 Å². The maximum absolute atomic E-state index is 6.23. The fourth-order valence-corrected chi connectivity index (χ4v) is 3.65. The molecule has 0 spiro atoms. The molecule has 0 saturated carbocycles. The first-order valence-corrected chi connectivity index (χ1v) is 8.61. The molecule has 1 unspecified atom stereocenters. The third-order valence-electron chi connectivity index (χ3n) is 5.33. The van der Waals surface area contributed by atoms with Crippen molar-refractivity contribution in [3.63, 3.8) is 0 Å². The summed E-state index contributed by atoms with van der Waals surface area (Å²) in [4.78, 5) is 2.46. The van der Waals surface area contributed by atoms with Gasteiger partial charge in [0.1, 0.15) is 0 Å². The second kappa shape index (κ2) is 6.63. The van der Waals surface area contributed by atoms with Crippen molar-refractivity contribution in [3.05, 3.63) is 34.5 Å². The first-order chi connectivity index (χ1) is 11.0. The molecular formula is C19H29N3O. The number of hydrogen-bond acceptors (Lipinski definition) is 3. The van der Waals surface area contributed by atoms with E-state index in [0.29, 0.717) is 0 Å². The third-order valence-corrected chi connectivity index (χ3v) is 5.33. The van der Waals surface area contributed by atoms with Crippen LogP contribution in [0.15, 0.2) is 12.1 Å². The van der Waals surface area contributed by atoms with Gasteiger partial charge in [0, 0.05) is 56.4 Å². The van der Waals surface area contributed by atoms with Gasteiger partial charge in [0.2, 0.25) is 0 Å². The van der Waals surface area contributed by atoms with Crippen LogP contribution in [0.2, 0.25) is 0 Å². The van der Waals surface area contributed by atoms with E-state index < -0.39 is 0 Å². The smallest absolute Gasteiger partial charge is 0.0589 e. The minimum absolute atomic E-state index is 0.241. The van der Waals surface area contributed by atoms with Crippen molar-refractivity contribution in [1.82, 2.24) is 9.47 Å². The van der Waals surface area contributed by atoms with E-state index in [-0.39, 0.29) is 6.04 Å². The molecule has 4 heteroatoms. The monoisotopic (exact) mass is 315 g/mol. The Morgan fingerprint density at radius 1 is 1.26 bits per heavy atom. The van der Waals surface area contributed by atoms with Crippen LogP contribution in [0.3, 0.4) is 0 Å². The standard InChI is InChI=1S/C19H29N3O/c1-5-16(20)10-17-13(2)21(3)19-9-15-12-22(6-7-23-4)11-14(15)8-18(17)19/h8-9,16H,5-7,10-12,20H2,1-4H3. The Bertz CT molecular complexity index is 704. The summed E-state index contributed by atoms with van der Waals surface area (Å²) in [6, 6.07) is 5.03. The van der Waals surface area contributed by atoms with Gasteiger partial charge in [0.15, 0.2) is 0 Å². The van der Waals surface area contributed by atoms with Gasteiger partial charge in [-0.2, -0.15) is 0 Å². The van der Waals surface area contributed by atoms with E-state index in [4.69, 9.17) is 10.5 Å². The number of fused-ring (bicyclic) bond motifs is 2. The zero-order valence-corrected chi connectivity index (χ0v) is 14.9. The summed E-state index contributed by atoms with van der Waals surface area (Å²) in [7, 11) is 3.94. The van der Waals surface area contributed by atoms with Crippen molar-refractivity contribution >= 4 is 10.9 Å². The highest BCUT2D eigenvalue weighted by atomic mass is 16.5. The van der Waals surface area contributed by atoms with Gasteiger partial charge in [-0.05, 0) is 48.6 Å². The van der Waals surface area contributed by atoms with Crippen molar-refractivity contribution in [1.29, 1.82) is 0 Å². The molecular weight excluding hydrogens is 286 g/mol. The molecule has 0 amide bonds. The highest BCUT2D eigenvalue weighted by Crippen LogP contribution is 2.32. The van der Waals surface area contributed by atoms with Crippen LogP contribution in [-0.4, -0.2) is 35.8 Å². The lowest BCUT2D eigenvalue weighted by molar-refractivity contribution is 0.147. The fourth-order valence-electron chi connectivity index (χ4n) is 3.65. The first kappa shape index (κ1) is 16.5. The van der Waals surface area contributed by atoms with Gasteiger partial charge >= 0.3 is 0 Å². The molecule has 0 aliphatic carbocycles. The Morgan fingerprint density at radius 2 is 1.96 bits per heavy atom. The zero-order chi connectivity index (χ0) is 16.6. The van der Waals surface area contributed by atoms with Crippen LogP contribution < -0.4 is 5.73 Å². The summed E-state index contributed by atoms with van der Waals surface area (Å²) in [6.45, 7) is 8.23. The second-order valence-corrected chi connectivity index (χ2v) is 6.84. The maximum Gasteiger partial charge on any atom is 0.0589 e. The van der Waals surface area contributed by atoms with Crippen LogP contribution in [0.25, 0.3) is 10.9 Å². The van der Waals surface area contributed by atoms with Crippen molar-refractivity contribution in [3.8, 4) is 0 Å². The van der Waals surface area contributed by atoms with Crippen LogP contribution in [0.4, 0.5) is 0 Å². The van der Waals surface area contributed by atoms with Crippen LogP contribution in [-0.2, 0) is 31.3 Å². The van der Waals surface area contributed by atoms with Crippen LogP contribution in [0.5, 0.6) is 0 Å². The quantitative estimate of drug-likeness (QED) is 0.891. The Balaban J connectivity index is 1.97. The predicted molar refractivity (Wildman–Crippen MR) is 95.6 cm³/mol. The lowest BCUT2D eigenvalue weighted by Gasteiger charge is -2.13. The number of nitrogens with zero attached hydrogens (tertiary/aromatic N) is 2. The Labute approximate surface area is 139 Å². The topological polar surface area (TPSA) is 43.4 Å². The van der Waals surface area contributed by atoms with Gasteiger partial charge in [0.05, 0.1) is 6.61 Å². The van der Waals surface area contributed by atoms with E-state index >= 15 is 0 Å². The molecule has 4 nitrogen and oxygen atoms in total. The molecule has 1 aliphatic heterocycles. The summed E-state index contributed by atoms with van der Waals surface area (Å²) in [5.41, 5.74) is 13.3. The second-order valence-electron chi connectivity index (χ2n) is 6.84. The van der Waals surface area contributed by atoms with E-state index in [9.17, 15) is 0 Å². The molecule has 0 radical (unpaired) electrons. The van der Waals surface area contributed by atoms with Crippen molar-refractivity contribution in [2.24, 2.45) is 12.8 Å². The van der Waals surface area contributed by atoms with E-state index in [1.165, 1.54) is 33.3 Å². The molecule has 2 aromatic rings. The molecule has 0 bridgehead atoms. The summed E-state index contributed by atoms with van der Waals surface area (Å²) in [6.07, 6.45) is 1.98. The van der Waals surface area contributed by atoms with Gasteiger partial charge in [-0.25, -0.2) is 0 Å². The van der Waals surface area contributed by atoms with Crippen molar-refractivity contribution < 1.29 is 4.74 Å². The zero-order valence-electron chi connectivity index (χ0n) is 14.9. The van der Waals surface area contributed by atoms with E-state index in [1.54, 1.807) is 7.11 Å². The summed E-state index contributed by atoms with van der Waals surface area (Å²) < 4.78 is 7.54. The minimum Gasteiger partial charge on any atom is -0.383 e. The Morgan fingerprint density at radius 3 is 2.61 bits per heavy atom. The minimum atomic E-state index is 0.241. The normalized spacial score (nSPS) is 16.2. The van der Waals surface area contributed by atoms with E-state index in [1.807, 2.05) is 0 Å². The lowest BCUT2D eigenvalue weighted by Crippen LogP contribution is -2.21. The molecule has 2 heterocycles. The molecule has 2 N–H and O–H groups in total. The average molecular weight is 315 g/mol. The van der Waals surface area contributed by atoms with Gasteiger partial charge < -0.3 is 15.0 Å².